The van der Waals surface area contributed by atoms with Crippen LogP contribution in [0.3, 0.4) is 0 Å². The van der Waals surface area contributed by atoms with E-state index >= 15 is 0 Å². The zero-order valence-electron chi connectivity index (χ0n) is 8.36. The van der Waals surface area contributed by atoms with Gasteiger partial charge in [-0.25, -0.2) is 4.98 Å². The molecule has 3 nitrogen and oxygen atoms in total. The van der Waals surface area contributed by atoms with E-state index in [1.807, 2.05) is 18.2 Å². The number of anilines is 1. The number of halogens is 1. The minimum absolute atomic E-state index is 0.438. The van der Waals surface area contributed by atoms with Gasteiger partial charge in [0.05, 0.1) is 11.6 Å². The lowest BCUT2D eigenvalue weighted by molar-refractivity contribution is 0.672. The topological polar surface area (TPSA) is 33.2 Å². The molecule has 1 aliphatic heterocycles. The fourth-order valence-electron chi connectivity index (χ4n) is 1.58. The van der Waals surface area contributed by atoms with Gasteiger partial charge in [-0.15, -0.1) is 11.6 Å². The van der Waals surface area contributed by atoms with Crippen molar-refractivity contribution in [3.05, 3.63) is 23.9 Å². The van der Waals surface area contributed by atoms with Gasteiger partial charge < -0.3 is 4.90 Å². The highest BCUT2D eigenvalue weighted by molar-refractivity contribution is 7.85. The maximum atomic E-state index is 11.2. The quantitative estimate of drug-likeness (QED) is 0.738. The van der Waals surface area contributed by atoms with Crippen molar-refractivity contribution >= 4 is 28.2 Å². The number of hydrogen-bond donors (Lipinski definition) is 0. The van der Waals surface area contributed by atoms with Crippen LogP contribution < -0.4 is 4.90 Å². The molecule has 1 saturated heterocycles. The Bertz CT molecular complexity index is 362. The van der Waals surface area contributed by atoms with Crippen LogP contribution in [0.15, 0.2) is 18.2 Å². The van der Waals surface area contributed by atoms with E-state index in [4.69, 9.17) is 11.6 Å². The van der Waals surface area contributed by atoms with Crippen molar-refractivity contribution in [2.24, 2.45) is 0 Å². The summed E-state index contributed by atoms with van der Waals surface area (Å²) in [6, 6.07) is 5.86. The summed E-state index contributed by atoms with van der Waals surface area (Å²) < 4.78 is 11.2. The van der Waals surface area contributed by atoms with Crippen LogP contribution in [-0.2, 0) is 16.7 Å². The molecule has 5 heteroatoms. The third-order valence-corrected chi connectivity index (χ3v) is 3.98. The van der Waals surface area contributed by atoms with E-state index in [1.165, 1.54) is 0 Å². The molecule has 0 aromatic carbocycles. The van der Waals surface area contributed by atoms with Gasteiger partial charge in [0, 0.05) is 35.4 Å². The molecule has 1 aromatic heterocycles. The number of hydrogen-bond acceptors (Lipinski definition) is 3. The van der Waals surface area contributed by atoms with Crippen LogP contribution in [0.25, 0.3) is 0 Å². The molecule has 0 aliphatic carbocycles. The van der Waals surface area contributed by atoms with E-state index < -0.39 is 10.8 Å². The lowest BCUT2D eigenvalue weighted by Crippen LogP contribution is -2.38. The summed E-state index contributed by atoms with van der Waals surface area (Å²) in [5.74, 6) is 2.87. The van der Waals surface area contributed by atoms with Gasteiger partial charge in [0.1, 0.15) is 5.82 Å². The highest BCUT2D eigenvalue weighted by atomic mass is 35.5. The molecule has 0 N–H and O–H groups in total. The smallest absolute Gasteiger partial charge is 0.128 e. The van der Waals surface area contributed by atoms with Gasteiger partial charge in [-0.2, -0.15) is 0 Å². The Morgan fingerprint density at radius 1 is 1.40 bits per heavy atom. The summed E-state index contributed by atoms with van der Waals surface area (Å²) in [6.07, 6.45) is 0. The second kappa shape index (κ2) is 4.94. The van der Waals surface area contributed by atoms with Crippen LogP contribution >= 0.6 is 11.6 Å². The average molecular weight is 245 g/mol. The molecule has 2 rings (SSSR count). The van der Waals surface area contributed by atoms with Crippen LogP contribution in [0.5, 0.6) is 0 Å². The molecule has 82 valence electrons. The summed E-state index contributed by atoms with van der Waals surface area (Å²) >= 11 is 5.73. The Morgan fingerprint density at radius 3 is 2.80 bits per heavy atom. The zero-order chi connectivity index (χ0) is 10.7. The van der Waals surface area contributed by atoms with Crippen molar-refractivity contribution in [2.45, 2.75) is 5.88 Å². The standard InChI is InChI=1S/C10H13ClN2OS/c11-8-9-2-1-3-10(12-9)13-4-6-15(14)7-5-13/h1-3H,4-8H2. The summed E-state index contributed by atoms with van der Waals surface area (Å²) in [6.45, 7) is 1.65. The largest absolute Gasteiger partial charge is 0.355 e. The molecule has 2 heterocycles. The van der Waals surface area contributed by atoms with Gasteiger partial charge in [-0.3, -0.25) is 4.21 Å². The van der Waals surface area contributed by atoms with Gasteiger partial charge in [0.15, 0.2) is 0 Å². The summed E-state index contributed by atoms with van der Waals surface area (Å²) in [7, 11) is -0.637. The van der Waals surface area contributed by atoms with Crippen LogP contribution in [0.1, 0.15) is 5.69 Å². The number of rotatable bonds is 2. The Balaban J connectivity index is 2.11. The van der Waals surface area contributed by atoms with Gasteiger partial charge in [0.2, 0.25) is 0 Å². The minimum Gasteiger partial charge on any atom is -0.355 e. The number of nitrogens with zero attached hydrogens (tertiary/aromatic N) is 2. The average Bonchev–Trinajstić information content (AvgIpc) is 2.30. The van der Waals surface area contributed by atoms with E-state index in [2.05, 4.69) is 9.88 Å². The first-order valence-electron chi connectivity index (χ1n) is 4.91. The fourth-order valence-corrected chi connectivity index (χ4v) is 2.79. The normalized spacial score (nSPS) is 18.1. The predicted molar refractivity (Wildman–Crippen MR) is 63.9 cm³/mol. The molecule has 15 heavy (non-hydrogen) atoms. The maximum absolute atomic E-state index is 11.2. The highest BCUT2D eigenvalue weighted by Crippen LogP contribution is 2.14. The van der Waals surface area contributed by atoms with E-state index in [9.17, 15) is 4.21 Å². The highest BCUT2D eigenvalue weighted by Gasteiger charge is 2.16. The van der Waals surface area contributed by atoms with Crippen molar-refractivity contribution in [1.29, 1.82) is 0 Å². The molecule has 0 unspecified atom stereocenters. The lowest BCUT2D eigenvalue weighted by atomic mass is 10.3. The first kappa shape index (κ1) is 10.9. The lowest BCUT2D eigenvalue weighted by Gasteiger charge is -2.27. The predicted octanol–water partition coefficient (Wildman–Crippen LogP) is 1.39. The SMILES string of the molecule is O=S1CCN(c2cccc(CCl)n2)CC1. The molecular weight excluding hydrogens is 232 g/mol. The Kier molecular flexibility index (Phi) is 3.59. The van der Waals surface area contributed by atoms with Crippen molar-refractivity contribution < 1.29 is 4.21 Å². The molecule has 1 aliphatic rings. The van der Waals surface area contributed by atoms with E-state index in [1.54, 1.807) is 0 Å². The summed E-state index contributed by atoms with van der Waals surface area (Å²) in [5, 5.41) is 0. The molecule has 0 bridgehead atoms. The maximum Gasteiger partial charge on any atom is 0.128 e. The van der Waals surface area contributed by atoms with Crippen molar-refractivity contribution in [3.63, 3.8) is 0 Å². The second-order valence-corrected chi connectivity index (χ2v) is 5.42. The molecular formula is C10H13ClN2OS. The Labute approximate surface area is 96.9 Å². The molecule has 1 fully saturated rings. The summed E-state index contributed by atoms with van der Waals surface area (Å²) in [4.78, 5) is 6.60. The molecule has 0 saturated carbocycles. The fraction of sp³-hybridized carbons (Fsp3) is 0.500. The Hall–Kier alpha value is -0.610. The molecule has 0 atom stereocenters. The van der Waals surface area contributed by atoms with Crippen molar-refractivity contribution in [1.82, 2.24) is 4.98 Å². The minimum atomic E-state index is -0.637. The number of pyridine rings is 1. The third-order valence-electron chi connectivity index (χ3n) is 2.43. The van der Waals surface area contributed by atoms with Crippen molar-refractivity contribution in [3.8, 4) is 0 Å². The molecule has 1 aromatic rings. The molecule has 0 spiro atoms. The van der Waals surface area contributed by atoms with Gasteiger partial charge in [0.25, 0.3) is 0 Å². The van der Waals surface area contributed by atoms with E-state index in [-0.39, 0.29) is 0 Å². The van der Waals surface area contributed by atoms with Gasteiger partial charge >= 0.3 is 0 Å². The van der Waals surface area contributed by atoms with Crippen molar-refractivity contribution in [2.75, 3.05) is 29.5 Å². The van der Waals surface area contributed by atoms with Crippen LogP contribution in [0, 0.1) is 0 Å². The number of alkyl halides is 1. The van der Waals surface area contributed by atoms with Crippen LogP contribution in [0.2, 0.25) is 0 Å². The Morgan fingerprint density at radius 2 is 2.13 bits per heavy atom. The van der Waals surface area contributed by atoms with Gasteiger partial charge in [-0.05, 0) is 12.1 Å². The first-order chi connectivity index (χ1) is 7.29. The third kappa shape index (κ3) is 2.69. The zero-order valence-corrected chi connectivity index (χ0v) is 9.93. The van der Waals surface area contributed by atoms with E-state index in [0.29, 0.717) is 5.88 Å². The second-order valence-electron chi connectivity index (χ2n) is 3.46. The van der Waals surface area contributed by atoms with Gasteiger partial charge in [-0.1, -0.05) is 6.07 Å². The molecule has 0 amide bonds. The summed E-state index contributed by atoms with van der Waals surface area (Å²) in [5.41, 5.74) is 0.890. The van der Waals surface area contributed by atoms with Crippen LogP contribution in [0.4, 0.5) is 5.82 Å². The monoisotopic (exact) mass is 244 g/mol. The van der Waals surface area contributed by atoms with Crippen LogP contribution in [-0.4, -0.2) is 33.8 Å². The molecule has 0 radical (unpaired) electrons. The first-order valence-corrected chi connectivity index (χ1v) is 6.93. The number of aromatic nitrogens is 1. The van der Waals surface area contributed by atoms with E-state index in [0.717, 1.165) is 36.1 Å².